The van der Waals surface area contributed by atoms with Crippen LogP contribution in [0.3, 0.4) is 0 Å². The van der Waals surface area contributed by atoms with Gasteiger partial charge in [-0.25, -0.2) is 4.79 Å². The molecule has 0 heterocycles. The average molecular weight is 367 g/mol. The second kappa shape index (κ2) is 14.2. The summed E-state index contributed by atoms with van der Waals surface area (Å²) < 4.78 is 5.63. The summed E-state index contributed by atoms with van der Waals surface area (Å²) in [6, 6.07) is 7.07. The van der Waals surface area contributed by atoms with Gasteiger partial charge in [-0.2, -0.15) is 0 Å². The number of benzene rings is 1. The molecule has 0 aliphatic carbocycles. The lowest BCUT2D eigenvalue weighted by molar-refractivity contribution is 0.0267. The van der Waals surface area contributed by atoms with Crippen LogP contribution in [0.15, 0.2) is 24.3 Å². The molecule has 1 unspecified atom stereocenters. The van der Waals surface area contributed by atoms with Gasteiger partial charge in [0.05, 0.1) is 10.6 Å². The predicted molar refractivity (Wildman–Crippen MR) is 107 cm³/mol. The highest BCUT2D eigenvalue weighted by atomic mass is 35.5. The lowest BCUT2D eigenvalue weighted by atomic mass is 10.0. The maximum atomic E-state index is 12.2. The molecule has 1 aromatic carbocycles. The Hall–Kier alpha value is -1.02. The first-order valence-electron chi connectivity index (χ1n) is 10.1. The number of halogens is 1. The van der Waals surface area contributed by atoms with E-state index < -0.39 is 0 Å². The highest BCUT2D eigenvalue weighted by Crippen LogP contribution is 2.19. The molecule has 0 spiro atoms. The maximum absolute atomic E-state index is 12.2. The summed E-state index contributed by atoms with van der Waals surface area (Å²) in [4.78, 5) is 12.2. The van der Waals surface area contributed by atoms with E-state index in [0.29, 0.717) is 10.6 Å². The zero-order valence-corrected chi connectivity index (χ0v) is 16.8. The fourth-order valence-corrected chi connectivity index (χ4v) is 3.26. The first-order valence-corrected chi connectivity index (χ1v) is 10.5. The van der Waals surface area contributed by atoms with Crippen molar-refractivity contribution in [3.8, 4) is 0 Å². The Bertz CT molecular complexity index is 473. The molecule has 25 heavy (non-hydrogen) atoms. The van der Waals surface area contributed by atoms with Crippen molar-refractivity contribution < 1.29 is 9.53 Å². The lowest BCUT2D eigenvalue weighted by Crippen LogP contribution is -2.17. The van der Waals surface area contributed by atoms with Crippen LogP contribution in [0.5, 0.6) is 0 Å². The molecule has 0 N–H and O–H groups in total. The van der Waals surface area contributed by atoms with Crippen LogP contribution in [-0.2, 0) is 4.74 Å². The third-order valence-electron chi connectivity index (χ3n) is 4.70. The van der Waals surface area contributed by atoms with Crippen LogP contribution < -0.4 is 0 Å². The second-order valence-corrected chi connectivity index (χ2v) is 7.29. The molecular weight excluding hydrogens is 332 g/mol. The predicted octanol–water partition coefficient (Wildman–Crippen LogP) is 7.59. The van der Waals surface area contributed by atoms with Gasteiger partial charge < -0.3 is 4.74 Å². The van der Waals surface area contributed by atoms with Crippen LogP contribution >= 0.6 is 11.6 Å². The smallest absolute Gasteiger partial charge is 0.339 e. The summed E-state index contributed by atoms with van der Waals surface area (Å²) in [6.45, 7) is 4.33. The van der Waals surface area contributed by atoms with E-state index in [0.717, 1.165) is 19.3 Å². The molecule has 1 aromatic rings. The molecule has 0 saturated heterocycles. The van der Waals surface area contributed by atoms with Gasteiger partial charge in [0, 0.05) is 0 Å². The molecule has 1 rings (SSSR count). The molecule has 0 fully saturated rings. The minimum Gasteiger partial charge on any atom is -0.459 e. The van der Waals surface area contributed by atoms with Gasteiger partial charge in [0.25, 0.3) is 0 Å². The molecule has 1 atom stereocenters. The molecule has 0 aliphatic heterocycles. The Morgan fingerprint density at radius 3 is 2.04 bits per heavy atom. The summed E-state index contributed by atoms with van der Waals surface area (Å²) in [5.74, 6) is -0.301. The van der Waals surface area contributed by atoms with E-state index in [-0.39, 0.29) is 12.1 Å². The van der Waals surface area contributed by atoms with Crippen molar-refractivity contribution in [1.82, 2.24) is 0 Å². The van der Waals surface area contributed by atoms with Crippen molar-refractivity contribution in [3.63, 3.8) is 0 Å². The number of esters is 1. The third kappa shape index (κ3) is 9.89. The minimum atomic E-state index is -0.301. The molecule has 0 amide bonds. The second-order valence-electron chi connectivity index (χ2n) is 6.89. The minimum absolute atomic E-state index is 0.00202. The summed E-state index contributed by atoms with van der Waals surface area (Å²) in [7, 11) is 0. The quantitative estimate of drug-likeness (QED) is 0.250. The zero-order valence-electron chi connectivity index (χ0n) is 16.1. The van der Waals surface area contributed by atoms with Crippen molar-refractivity contribution >= 4 is 17.6 Å². The molecule has 0 aliphatic rings. The fraction of sp³-hybridized carbons (Fsp3) is 0.682. The van der Waals surface area contributed by atoms with E-state index in [1.165, 1.54) is 57.8 Å². The van der Waals surface area contributed by atoms with Gasteiger partial charge in [-0.3, -0.25) is 0 Å². The van der Waals surface area contributed by atoms with Gasteiger partial charge in [0.1, 0.15) is 6.10 Å². The topological polar surface area (TPSA) is 26.3 Å². The monoisotopic (exact) mass is 366 g/mol. The van der Waals surface area contributed by atoms with Crippen LogP contribution in [0.25, 0.3) is 0 Å². The van der Waals surface area contributed by atoms with Crippen molar-refractivity contribution in [2.45, 2.75) is 97.0 Å². The normalized spacial score (nSPS) is 12.1. The SMILES string of the molecule is CCCCCCCCCCCCC(CC)OC(=O)c1ccccc1Cl. The van der Waals surface area contributed by atoms with Crippen molar-refractivity contribution in [2.75, 3.05) is 0 Å². The van der Waals surface area contributed by atoms with Crippen LogP contribution in [-0.4, -0.2) is 12.1 Å². The van der Waals surface area contributed by atoms with Crippen LogP contribution in [0, 0.1) is 0 Å². The van der Waals surface area contributed by atoms with Crippen molar-refractivity contribution in [1.29, 1.82) is 0 Å². The molecule has 142 valence electrons. The van der Waals surface area contributed by atoms with Gasteiger partial charge in [-0.05, 0) is 31.4 Å². The van der Waals surface area contributed by atoms with Gasteiger partial charge >= 0.3 is 5.97 Å². The number of ether oxygens (including phenoxy) is 1. The van der Waals surface area contributed by atoms with E-state index in [1.54, 1.807) is 12.1 Å². The third-order valence-corrected chi connectivity index (χ3v) is 5.03. The number of hydrogen-bond acceptors (Lipinski definition) is 2. The van der Waals surface area contributed by atoms with Gasteiger partial charge in [0.15, 0.2) is 0 Å². The van der Waals surface area contributed by atoms with E-state index in [2.05, 4.69) is 13.8 Å². The number of carbonyl (C=O) groups excluding carboxylic acids is 1. The molecular formula is C22H35ClO2. The van der Waals surface area contributed by atoms with Crippen LogP contribution in [0.1, 0.15) is 101 Å². The van der Waals surface area contributed by atoms with E-state index >= 15 is 0 Å². The number of hydrogen-bond donors (Lipinski definition) is 0. The largest absolute Gasteiger partial charge is 0.459 e. The van der Waals surface area contributed by atoms with Crippen LogP contribution in [0.2, 0.25) is 5.02 Å². The summed E-state index contributed by atoms with van der Waals surface area (Å²) in [5.41, 5.74) is 0.464. The van der Waals surface area contributed by atoms with E-state index in [4.69, 9.17) is 16.3 Å². The molecule has 0 radical (unpaired) electrons. The Kier molecular flexibility index (Phi) is 12.5. The Morgan fingerprint density at radius 2 is 1.48 bits per heavy atom. The molecule has 0 aromatic heterocycles. The standard InChI is InChI=1S/C22H35ClO2/c1-3-5-6-7-8-9-10-11-12-13-16-19(4-2)25-22(24)20-17-14-15-18-21(20)23/h14-15,17-19H,3-13,16H2,1-2H3. The summed E-state index contributed by atoms with van der Waals surface area (Å²) >= 11 is 6.06. The molecule has 2 nitrogen and oxygen atoms in total. The number of unbranched alkanes of at least 4 members (excludes halogenated alkanes) is 9. The molecule has 0 bridgehead atoms. The zero-order chi connectivity index (χ0) is 18.3. The summed E-state index contributed by atoms with van der Waals surface area (Å²) in [5, 5.41) is 0.460. The van der Waals surface area contributed by atoms with E-state index in [1.807, 2.05) is 12.1 Å². The summed E-state index contributed by atoms with van der Waals surface area (Å²) in [6.07, 6.45) is 15.0. The maximum Gasteiger partial charge on any atom is 0.339 e. The number of carbonyl (C=O) groups is 1. The highest BCUT2D eigenvalue weighted by Gasteiger charge is 2.16. The average Bonchev–Trinajstić information content (AvgIpc) is 2.62. The van der Waals surface area contributed by atoms with Crippen LogP contribution in [0.4, 0.5) is 0 Å². The first-order chi connectivity index (χ1) is 12.2. The Morgan fingerprint density at radius 1 is 0.920 bits per heavy atom. The molecule has 3 heteroatoms. The Labute approximate surface area is 159 Å². The first kappa shape index (κ1) is 22.0. The van der Waals surface area contributed by atoms with Crippen molar-refractivity contribution in [3.05, 3.63) is 34.9 Å². The molecule has 0 saturated carbocycles. The number of rotatable bonds is 14. The highest BCUT2D eigenvalue weighted by molar-refractivity contribution is 6.33. The lowest BCUT2D eigenvalue weighted by Gasteiger charge is -2.16. The fourth-order valence-electron chi connectivity index (χ4n) is 3.05. The van der Waals surface area contributed by atoms with Gasteiger partial charge in [-0.1, -0.05) is 95.4 Å². The Balaban J connectivity index is 2.12. The van der Waals surface area contributed by atoms with Gasteiger partial charge in [-0.15, -0.1) is 0 Å². The van der Waals surface area contributed by atoms with Gasteiger partial charge in [0.2, 0.25) is 0 Å². The van der Waals surface area contributed by atoms with Crippen molar-refractivity contribution in [2.24, 2.45) is 0 Å². The van der Waals surface area contributed by atoms with E-state index in [9.17, 15) is 4.79 Å².